The molecule has 448 valence electrons. The predicted molar refractivity (Wildman–Crippen MR) is 316 cm³/mol. The molecule has 0 radical (unpaired) electrons. The molecule has 0 spiro atoms. The van der Waals surface area contributed by atoms with Gasteiger partial charge in [-0.25, -0.2) is 9.59 Å². The van der Waals surface area contributed by atoms with Crippen LogP contribution in [-0.2, 0) is 74.7 Å². The van der Waals surface area contributed by atoms with Gasteiger partial charge >= 0.3 is 17.9 Å². The summed E-state index contributed by atoms with van der Waals surface area (Å²) in [7, 11) is 1.99. The molecule has 3 aliphatic heterocycles. The van der Waals surface area contributed by atoms with Gasteiger partial charge in [0.1, 0.15) is 12.5 Å². The molecule has 0 aromatic heterocycles. The highest BCUT2D eigenvalue weighted by atomic mass is 28.4. The lowest BCUT2D eigenvalue weighted by Crippen LogP contribution is -2.63. The van der Waals surface area contributed by atoms with E-state index in [1.165, 1.54) is 26.4 Å². The van der Waals surface area contributed by atoms with Gasteiger partial charge in [-0.05, 0) is 92.4 Å². The molecule has 5 rings (SSSR count). The van der Waals surface area contributed by atoms with Gasteiger partial charge in [0.2, 0.25) is 5.79 Å². The first-order valence-corrected chi connectivity index (χ1v) is 31.6. The third-order valence-electron chi connectivity index (χ3n) is 15.8. The van der Waals surface area contributed by atoms with Crippen molar-refractivity contribution in [3.63, 3.8) is 0 Å². The Morgan fingerprint density at radius 1 is 0.815 bits per heavy atom. The van der Waals surface area contributed by atoms with E-state index in [-0.39, 0.29) is 49.6 Å². The molecule has 0 aliphatic carbocycles. The zero-order chi connectivity index (χ0) is 59.4. The lowest BCUT2D eigenvalue weighted by atomic mass is 9.73. The number of carboxylic acid groups (broad SMARTS) is 1. The smallest absolute Gasteiger partial charge is 0.331 e. The van der Waals surface area contributed by atoms with Gasteiger partial charge in [0.15, 0.2) is 14.4 Å². The minimum absolute atomic E-state index is 0.0303. The summed E-state index contributed by atoms with van der Waals surface area (Å²) in [5.74, 6) is -3.23. The van der Waals surface area contributed by atoms with Gasteiger partial charge in [0.05, 0.1) is 82.7 Å². The van der Waals surface area contributed by atoms with E-state index in [0.717, 1.165) is 40.9 Å². The van der Waals surface area contributed by atoms with E-state index in [0.29, 0.717) is 57.1 Å². The average molecular weight is 1140 g/mol. The maximum absolute atomic E-state index is 13.9. The molecule has 16 heteroatoms. The van der Waals surface area contributed by atoms with Crippen molar-refractivity contribution in [3.8, 4) is 5.75 Å². The molecule has 15 nitrogen and oxygen atoms in total. The minimum Gasteiger partial charge on any atom is -0.497 e. The Morgan fingerprint density at radius 3 is 2.12 bits per heavy atom. The molecule has 2 aromatic rings. The van der Waals surface area contributed by atoms with E-state index in [1.807, 2.05) is 93.6 Å². The highest BCUT2D eigenvalue weighted by molar-refractivity contribution is 6.74. The number of unbranched alkanes of at least 4 members (excludes halogenated alkanes) is 1. The Hall–Kier alpha value is -5.01. The van der Waals surface area contributed by atoms with Gasteiger partial charge in [-0.3, -0.25) is 4.79 Å². The molecule has 0 saturated carbocycles. The molecule has 3 fully saturated rings. The van der Waals surface area contributed by atoms with Crippen molar-refractivity contribution < 1.29 is 71.3 Å². The van der Waals surface area contributed by atoms with Crippen LogP contribution in [0, 0.1) is 5.41 Å². The normalized spacial score (nSPS) is 24.9. The van der Waals surface area contributed by atoms with Crippen LogP contribution in [0.15, 0.2) is 127 Å². The summed E-state index contributed by atoms with van der Waals surface area (Å²) in [6.45, 7) is 28.3. The molecule has 10 atom stereocenters. The first-order valence-electron chi connectivity index (χ1n) is 28.7. The first kappa shape index (κ1) is 66.8. The van der Waals surface area contributed by atoms with Crippen LogP contribution in [0.3, 0.4) is 0 Å². The first-order chi connectivity index (χ1) is 38.4. The lowest BCUT2D eigenvalue weighted by molar-refractivity contribution is -0.338. The average Bonchev–Trinajstić information content (AvgIpc) is 3.60. The van der Waals surface area contributed by atoms with Gasteiger partial charge < -0.3 is 56.9 Å². The molecule has 1 N–H and O–H groups in total. The van der Waals surface area contributed by atoms with Crippen LogP contribution < -0.4 is 4.74 Å². The molecule has 3 heterocycles. The van der Waals surface area contributed by atoms with Crippen molar-refractivity contribution in [3.05, 3.63) is 138 Å². The molecule has 81 heavy (non-hydrogen) atoms. The summed E-state index contributed by atoms with van der Waals surface area (Å²) in [5.41, 5.74) is 3.32. The molecular formula is C65H94O15Si. The standard InChI is InChI=1S/C65H94O15Si/c1-15-16-17-18-22-25-60(68)78-62-50(37-61(69)71-11)36-57(40-58(80-81(13,14)63(5,6)7)47(4)75-44-73-42-48-23-20-19-21-24-48)79-65(62,72-12)64(8,9)31-30-52-32-45(2)33-55(76-52)39-56-35-46(3)34-54(77-56)38-53(41-59(66)67)74-43-49-26-28-51(70-10)29-27-49/h17-31,37,47,52-58,62H,2-3,15-16,32-36,38-44H2,1,4-14H3,(H,66,67)/b18-17+,25-22+,31-30+,50-37+/t47-,52+,53-,54+,55+,56-,57+,58-,62+,65-/m1/s1. The summed E-state index contributed by atoms with van der Waals surface area (Å²) in [6.07, 6.45) is 13.0. The number of rotatable bonds is 30. The molecule has 2 aromatic carbocycles. The number of carboxylic acids is 1. The second-order valence-corrected chi connectivity index (χ2v) is 28.6. The van der Waals surface area contributed by atoms with Gasteiger partial charge in [0.25, 0.3) is 0 Å². The molecule has 3 aliphatic rings. The summed E-state index contributed by atoms with van der Waals surface area (Å²) in [4.78, 5) is 39.3. The third-order valence-corrected chi connectivity index (χ3v) is 20.3. The van der Waals surface area contributed by atoms with Crippen molar-refractivity contribution in [2.75, 3.05) is 28.1 Å². The Balaban J connectivity index is 1.42. The highest BCUT2D eigenvalue weighted by Crippen LogP contribution is 2.50. The third kappa shape index (κ3) is 20.7. The Bertz CT molecular complexity index is 2460. The van der Waals surface area contributed by atoms with Crippen LogP contribution >= 0.6 is 0 Å². The number of carbonyl (C=O) groups is 3. The highest BCUT2D eigenvalue weighted by Gasteiger charge is 2.59. The Morgan fingerprint density at radius 2 is 1.48 bits per heavy atom. The summed E-state index contributed by atoms with van der Waals surface area (Å²) < 4.78 is 70.1. The van der Waals surface area contributed by atoms with E-state index in [9.17, 15) is 19.5 Å². The number of methoxy groups -OCH3 is 3. The molecule has 0 unspecified atom stereocenters. The maximum Gasteiger partial charge on any atom is 0.331 e. The van der Waals surface area contributed by atoms with Crippen LogP contribution in [-0.4, -0.2) is 120 Å². The molecule has 0 amide bonds. The van der Waals surface area contributed by atoms with E-state index >= 15 is 0 Å². The topological polar surface area (TPSA) is 173 Å². The van der Waals surface area contributed by atoms with E-state index < -0.39 is 74.1 Å². The number of hydrogen-bond acceptors (Lipinski definition) is 14. The summed E-state index contributed by atoms with van der Waals surface area (Å²) in [6, 6.07) is 17.4. The number of esters is 2. The summed E-state index contributed by atoms with van der Waals surface area (Å²) >= 11 is 0. The van der Waals surface area contributed by atoms with Crippen molar-refractivity contribution in [2.45, 2.75) is 211 Å². The van der Waals surface area contributed by atoms with Gasteiger partial charge in [0, 0.05) is 43.9 Å². The van der Waals surface area contributed by atoms with Gasteiger partial charge in [-0.1, -0.05) is 145 Å². The lowest BCUT2D eigenvalue weighted by Gasteiger charge is -2.53. The van der Waals surface area contributed by atoms with Crippen LogP contribution in [0.5, 0.6) is 5.75 Å². The fraction of sp³-hybridized carbons (Fsp3) is 0.585. The van der Waals surface area contributed by atoms with Crippen molar-refractivity contribution >= 4 is 26.2 Å². The van der Waals surface area contributed by atoms with E-state index in [2.05, 4.69) is 53.9 Å². The fourth-order valence-electron chi connectivity index (χ4n) is 10.3. The molecular weight excluding hydrogens is 1050 g/mol. The second-order valence-electron chi connectivity index (χ2n) is 23.9. The Labute approximate surface area is 484 Å². The van der Waals surface area contributed by atoms with Gasteiger partial charge in [-0.2, -0.15) is 0 Å². The predicted octanol–water partition coefficient (Wildman–Crippen LogP) is 13.0. The summed E-state index contributed by atoms with van der Waals surface area (Å²) in [5, 5.41) is 9.67. The van der Waals surface area contributed by atoms with Crippen molar-refractivity contribution in [1.29, 1.82) is 0 Å². The number of aliphatic carboxylic acids is 1. The SMILES string of the molecule is C=C1C[C@H](C[C@@H]2CC(=C)C[C@H](/C=C/C(C)(C)[C@]3(OC)O[C@H](C[C@@H](O[Si](C)(C)C(C)(C)C)[C@@H](C)OCOCc4ccccc4)C/C(=C\C(=O)OC)[C@@H]3OC(=O)/C=C/C=C/CCC)O2)O[C@H](C[C@H](CC(=O)O)OCc2ccc(OC)cc2)C1. The fourth-order valence-corrected chi connectivity index (χ4v) is 11.7. The number of benzene rings is 2. The minimum atomic E-state index is -2.45. The van der Waals surface area contributed by atoms with Crippen LogP contribution in [0.25, 0.3) is 0 Å². The molecule has 3 saturated heterocycles. The number of ether oxygens (including phenoxy) is 10. The number of carbonyl (C=O) groups excluding carboxylic acids is 2. The van der Waals surface area contributed by atoms with E-state index in [1.54, 1.807) is 19.3 Å². The number of hydrogen-bond donors (Lipinski definition) is 1. The van der Waals surface area contributed by atoms with Gasteiger partial charge in [-0.15, -0.1) is 0 Å². The van der Waals surface area contributed by atoms with Crippen LogP contribution in [0.1, 0.15) is 130 Å². The van der Waals surface area contributed by atoms with Crippen LogP contribution in [0.4, 0.5) is 0 Å². The Kier molecular flexibility index (Phi) is 26.0. The number of allylic oxidation sites excluding steroid dienone is 3. The quantitative estimate of drug-likeness (QED) is 0.0149. The van der Waals surface area contributed by atoms with Crippen molar-refractivity contribution in [2.24, 2.45) is 5.41 Å². The molecule has 0 bridgehead atoms. The monoisotopic (exact) mass is 1140 g/mol. The van der Waals surface area contributed by atoms with Crippen molar-refractivity contribution in [1.82, 2.24) is 0 Å². The van der Waals surface area contributed by atoms with E-state index in [4.69, 9.17) is 51.8 Å². The largest absolute Gasteiger partial charge is 0.497 e. The maximum atomic E-state index is 13.9. The van der Waals surface area contributed by atoms with Crippen LogP contribution in [0.2, 0.25) is 18.1 Å². The zero-order valence-electron chi connectivity index (χ0n) is 50.4. The second kappa shape index (κ2) is 31.6. The zero-order valence-corrected chi connectivity index (χ0v) is 51.4.